The number of ether oxygens (including phenoxy) is 1. The fourth-order valence-corrected chi connectivity index (χ4v) is 5.16. The van der Waals surface area contributed by atoms with E-state index in [1.807, 2.05) is 6.21 Å². The highest BCUT2D eigenvalue weighted by Crippen LogP contribution is 2.48. The van der Waals surface area contributed by atoms with Crippen molar-refractivity contribution in [2.75, 3.05) is 10.7 Å². The van der Waals surface area contributed by atoms with Crippen LogP contribution in [0.1, 0.15) is 56.9 Å². The van der Waals surface area contributed by atoms with Gasteiger partial charge in [-0.25, -0.2) is 0 Å². The summed E-state index contributed by atoms with van der Waals surface area (Å²) in [5.74, 6) is 1.51. The van der Waals surface area contributed by atoms with E-state index in [0.29, 0.717) is 5.92 Å². The zero-order valence-corrected chi connectivity index (χ0v) is 18.4. The molecule has 0 amide bonds. The fraction of sp³-hybridized carbons (Fsp3) is 0.417. The van der Waals surface area contributed by atoms with Crippen molar-refractivity contribution in [2.24, 2.45) is 16.1 Å². The van der Waals surface area contributed by atoms with Crippen molar-refractivity contribution in [1.29, 1.82) is 0 Å². The Bertz CT molecular complexity index is 922. The Morgan fingerprint density at radius 3 is 2.69 bits per heavy atom. The number of anilines is 1. The van der Waals surface area contributed by atoms with E-state index in [1.54, 1.807) is 11.8 Å². The van der Waals surface area contributed by atoms with Crippen LogP contribution in [0, 0.1) is 5.92 Å². The van der Waals surface area contributed by atoms with Crippen molar-refractivity contribution in [1.82, 2.24) is 0 Å². The highest BCUT2D eigenvalue weighted by Gasteiger charge is 2.49. The van der Waals surface area contributed by atoms with Crippen molar-refractivity contribution in [3.8, 4) is 0 Å². The van der Waals surface area contributed by atoms with Gasteiger partial charge in [0.15, 0.2) is 10.9 Å². The average Bonchev–Trinajstić information content (AvgIpc) is 3.05. The lowest BCUT2D eigenvalue weighted by atomic mass is 9.99. The van der Waals surface area contributed by atoms with Crippen LogP contribution in [0.3, 0.4) is 0 Å². The van der Waals surface area contributed by atoms with Gasteiger partial charge in [0, 0.05) is 11.3 Å². The van der Waals surface area contributed by atoms with Gasteiger partial charge in [0.25, 0.3) is 0 Å². The van der Waals surface area contributed by atoms with Crippen LogP contribution in [0.25, 0.3) is 0 Å². The molecule has 4 nitrogen and oxygen atoms in total. The summed E-state index contributed by atoms with van der Waals surface area (Å²) in [5, 5.41) is 9.85. The standard InChI is InChI=1S/C24H29N3OS/c1-5-22-20-8-6-7-9-21(20)27-23(29-16-24(27,4)28-22)26-25-15-19-12-10-18(11-13-19)14-17(2)3/h6-13,15,17,22H,5,14,16H2,1-4H3/b25-15+,26-23-. The van der Waals surface area contributed by atoms with E-state index >= 15 is 0 Å². The number of thioether (sulfide) groups is 1. The summed E-state index contributed by atoms with van der Waals surface area (Å²) in [7, 11) is 0. The van der Waals surface area contributed by atoms with Crippen LogP contribution in [-0.4, -0.2) is 22.9 Å². The molecule has 1 saturated heterocycles. The van der Waals surface area contributed by atoms with E-state index in [0.717, 1.165) is 29.3 Å². The number of benzene rings is 2. The molecule has 0 bridgehead atoms. The third kappa shape index (κ3) is 4.12. The highest BCUT2D eigenvalue weighted by molar-refractivity contribution is 8.14. The maximum absolute atomic E-state index is 6.49. The molecule has 4 rings (SSSR count). The summed E-state index contributed by atoms with van der Waals surface area (Å²) in [5.41, 5.74) is 4.46. The van der Waals surface area contributed by atoms with Crippen molar-refractivity contribution in [3.63, 3.8) is 0 Å². The minimum Gasteiger partial charge on any atom is -0.347 e. The largest absolute Gasteiger partial charge is 0.347 e. The van der Waals surface area contributed by atoms with Gasteiger partial charge in [0.1, 0.15) is 0 Å². The Kier molecular flexibility index (Phi) is 5.79. The second-order valence-electron chi connectivity index (χ2n) is 8.34. The predicted molar refractivity (Wildman–Crippen MR) is 124 cm³/mol. The molecule has 2 aliphatic rings. The van der Waals surface area contributed by atoms with Gasteiger partial charge in [0.05, 0.1) is 18.0 Å². The maximum atomic E-state index is 6.49. The number of para-hydroxylation sites is 1. The lowest BCUT2D eigenvalue weighted by Gasteiger charge is -2.44. The summed E-state index contributed by atoms with van der Waals surface area (Å²) >= 11 is 1.70. The second kappa shape index (κ2) is 8.33. The lowest BCUT2D eigenvalue weighted by Crippen LogP contribution is -2.51. The SMILES string of the molecule is CCC1OC2(C)CS/C(=N\N=C\c3ccc(CC(C)C)cc3)N2c2ccccc21. The number of hydrogen-bond donors (Lipinski definition) is 0. The molecule has 0 spiro atoms. The van der Waals surface area contributed by atoms with Crippen LogP contribution in [0.4, 0.5) is 5.69 Å². The van der Waals surface area contributed by atoms with Gasteiger partial charge in [-0.05, 0) is 42.9 Å². The van der Waals surface area contributed by atoms with Gasteiger partial charge in [-0.15, -0.1) is 5.10 Å². The van der Waals surface area contributed by atoms with Crippen molar-refractivity contribution < 1.29 is 4.74 Å². The molecule has 0 N–H and O–H groups in total. The Morgan fingerprint density at radius 1 is 1.21 bits per heavy atom. The van der Waals surface area contributed by atoms with E-state index in [4.69, 9.17) is 4.74 Å². The molecule has 0 saturated carbocycles. The zero-order valence-electron chi connectivity index (χ0n) is 17.6. The molecular weight excluding hydrogens is 378 g/mol. The Hall–Kier alpha value is -2.11. The van der Waals surface area contributed by atoms with Crippen LogP contribution in [0.2, 0.25) is 0 Å². The Morgan fingerprint density at radius 2 is 1.97 bits per heavy atom. The third-order valence-electron chi connectivity index (χ3n) is 5.40. The maximum Gasteiger partial charge on any atom is 0.192 e. The zero-order chi connectivity index (χ0) is 20.4. The molecule has 2 aliphatic heterocycles. The second-order valence-corrected chi connectivity index (χ2v) is 9.28. The summed E-state index contributed by atoms with van der Waals surface area (Å²) in [6.45, 7) is 8.81. The first kappa shape index (κ1) is 20.2. The first-order valence-electron chi connectivity index (χ1n) is 10.4. The van der Waals surface area contributed by atoms with Gasteiger partial charge in [-0.3, -0.25) is 4.90 Å². The summed E-state index contributed by atoms with van der Waals surface area (Å²) in [4.78, 5) is 2.21. The molecule has 2 atom stereocenters. The van der Waals surface area contributed by atoms with E-state index in [2.05, 4.69) is 91.3 Å². The molecule has 29 heavy (non-hydrogen) atoms. The molecule has 2 aromatic carbocycles. The van der Waals surface area contributed by atoms with Crippen LogP contribution in [-0.2, 0) is 11.2 Å². The summed E-state index contributed by atoms with van der Waals surface area (Å²) in [6.07, 6.45) is 4.01. The van der Waals surface area contributed by atoms with Gasteiger partial charge < -0.3 is 4.74 Å². The molecular formula is C24H29N3OS. The van der Waals surface area contributed by atoms with Crippen molar-refractivity contribution in [2.45, 2.75) is 52.4 Å². The number of amidine groups is 1. The average molecular weight is 408 g/mol. The fourth-order valence-electron chi connectivity index (χ4n) is 4.04. The van der Waals surface area contributed by atoms with E-state index in [9.17, 15) is 0 Å². The third-order valence-corrected chi connectivity index (χ3v) is 6.60. The molecule has 2 heterocycles. The molecule has 5 heteroatoms. The monoisotopic (exact) mass is 407 g/mol. The number of nitrogens with zero attached hydrogens (tertiary/aromatic N) is 3. The predicted octanol–water partition coefficient (Wildman–Crippen LogP) is 6.03. The molecule has 0 aliphatic carbocycles. The minimum atomic E-state index is -0.382. The first-order valence-corrected chi connectivity index (χ1v) is 11.4. The normalized spacial score (nSPS) is 25.1. The highest BCUT2D eigenvalue weighted by atomic mass is 32.2. The van der Waals surface area contributed by atoms with Crippen LogP contribution < -0.4 is 4.90 Å². The van der Waals surface area contributed by atoms with E-state index < -0.39 is 0 Å². The first-order chi connectivity index (χ1) is 14.0. The van der Waals surface area contributed by atoms with Crippen LogP contribution in [0.15, 0.2) is 58.7 Å². The van der Waals surface area contributed by atoms with Gasteiger partial charge in [-0.1, -0.05) is 75.0 Å². The lowest BCUT2D eigenvalue weighted by molar-refractivity contribution is -0.0722. The molecule has 0 aromatic heterocycles. The minimum absolute atomic E-state index is 0.125. The number of hydrogen-bond acceptors (Lipinski definition) is 4. The molecule has 0 radical (unpaired) electrons. The van der Waals surface area contributed by atoms with Crippen LogP contribution >= 0.6 is 11.8 Å². The quantitative estimate of drug-likeness (QED) is 0.449. The number of fused-ring (bicyclic) bond motifs is 3. The van der Waals surface area contributed by atoms with Gasteiger partial charge in [-0.2, -0.15) is 5.10 Å². The van der Waals surface area contributed by atoms with E-state index in [1.165, 1.54) is 16.8 Å². The summed E-state index contributed by atoms with van der Waals surface area (Å²) < 4.78 is 6.49. The van der Waals surface area contributed by atoms with Gasteiger partial charge >= 0.3 is 0 Å². The van der Waals surface area contributed by atoms with E-state index in [-0.39, 0.29) is 11.8 Å². The van der Waals surface area contributed by atoms with Gasteiger partial charge in [0.2, 0.25) is 0 Å². The molecule has 1 fully saturated rings. The smallest absolute Gasteiger partial charge is 0.192 e. The Balaban J connectivity index is 1.57. The molecule has 2 unspecified atom stereocenters. The van der Waals surface area contributed by atoms with Crippen LogP contribution in [0.5, 0.6) is 0 Å². The molecule has 2 aromatic rings. The topological polar surface area (TPSA) is 37.2 Å². The molecule has 152 valence electrons. The number of rotatable bonds is 5. The van der Waals surface area contributed by atoms with Crippen molar-refractivity contribution in [3.05, 3.63) is 65.2 Å². The summed E-state index contributed by atoms with van der Waals surface area (Å²) in [6, 6.07) is 17.1. The van der Waals surface area contributed by atoms with Crippen molar-refractivity contribution >= 4 is 28.8 Å². The Labute approximate surface area is 178 Å².